The summed E-state index contributed by atoms with van der Waals surface area (Å²) in [7, 11) is 0. The van der Waals surface area contributed by atoms with Gasteiger partial charge in [0.05, 0.1) is 10.9 Å². The molecule has 0 aromatic carbocycles. The third kappa shape index (κ3) is 1.01. The second-order valence-electron chi connectivity index (χ2n) is 3.20. The maximum absolute atomic E-state index is 11.4. The number of aromatic nitrogens is 4. The first-order valence-electron chi connectivity index (χ1n) is 4.34. The Morgan fingerprint density at radius 2 is 2.00 bits per heavy atom. The molecule has 0 amide bonds. The van der Waals surface area contributed by atoms with Gasteiger partial charge in [0.25, 0.3) is 5.56 Å². The number of rotatable bonds is 0. The van der Waals surface area contributed by atoms with Crippen LogP contribution in [0.3, 0.4) is 0 Å². The highest BCUT2D eigenvalue weighted by Gasteiger charge is 2.06. The fourth-order valence-corrected chi connectivity index (χ4v) is 1.63. The second kappa shape index (κ2) is 2.57. The van der Waals surface area contributed by atoms with Gasteiger partial charge in [0.1, 0.15) is 5.65 Å². The Balaban J connectivity index is 2.74. The van der Waals surface area contributed by atoms with E-state index in [4.69, 9.17) is 0 Å². The number of H-pyrrole nitrogens is 3. The van der Waals surface area contributed by atoms with E-state index in [1.807, 2.05) is 0 Å². The highest BCUT2D eigenvalue weighted by molar-refractivity contribution is 6.01. The van der Waals surface area contributed by atoms with E-state index in [0.29, 0.717) is 16.6 Å². The molecule has 0 aliphatic rings. The van der Waals surface area contributed by atoms with Crippen molar-refractivity contribution >= 4 is 21.9 Å². The maximum atomic E-state index is 11.4. The van der Waals surface area contributed by atoms with Crippen molar-refractivity contribution in [3.05, 3.63) is 39.3 Å². The van der Waals surface area contributed by atoms with Gasteiger partial charge in [-0.25, -0.2) is 9.78 Å². The maximum Gasteiger partial charge on any atom is 0.326 e. The summed E-state index contributed by atoms with van der Waals surface area (Å²) in [5, 5.41) is 1.11. The summed E-state index contributed by atoms with van der Waals surface area (Å²) < 4.78 is 0. The number of fused-ring (bicyclic) bond motifs is 3. The minimum absolute atomic E-state index is 0.377. The molecule has 0 unspecified atom stereocenters. The van der Waals surface area contributed by atoms with Crippen molar-refractivity contribution in [3.63, 3.8) is 0 Å². The van der Waals surface area contributed by atoms with Gasteiger partial charge in [-0.2, -0.15) is 0 Å². The predicted molar refractivity (Wildman–Crippen MR) is 54.8 cm³/mol. The summed E-state index contributed by atoms with van der Waals surface area (Å²) in [5.74, 6) is 0. The van der Waals surface area contributed by atoms with Crippen LogP contribution in [-0.4, -0.2) is 19.9 Å². The van der Waals surface area contributed by atoms with Crippen LogP contribution in [0.4, 0.5) is 0 Å². The first-order valence-corrected chi connectivity index (χ1v) is 4.34. The zero-order chi connectivity index (χ0) is 10.4. The van der Waals surface area contributed by atoms with Crippen molar-refractivity contribution < 1.29 is 0 Å². The van der Waals surface area contributed by atoms with Gasteiger partial charge in [-0.3, -0.25) is 9.78 Å². The van der Waals surface area contributed by atoms with Crippen LogP contribution in [0.2, 0.25) is 0 Å². The summed E-state index contributed by atoms with van der Waals surface area (Å²) in [6, 6.07) is 1.76. The molecular formula is C9H6N4O2. The molecule has 0 aliphatic carbocycles. The lowest BCUT2D eigenvalue weighted by molar-refractivity contribution is 1.08. The Labute approximate surface area is 82.0 Å². The van der Waals surface area contributed by atoms with Gasteiger partial charge in [0.2, 0.25) is 0 Å². The van der Waals surface area contributed by atoms with Crippen LogP contribution in [0, 0.1) is 0 Å². The Morgan fingerprint density at radius 1 is 1.13 bits per heavy atom. The van der Waals surface area contributed by atoms with Crippen molar-refractivity contribution in [3.8, 4) is 0 Å². The molecule has 0 saturated heterocycles. The van der Waals surface area contributed by atoms with E-state index in [0.717, 1.165) is 5.39 Å². The molecule has 0 atom stereocenters. The van der Waals surface area contributed by atoms with Gasteiger partial charge in [-0.05, 0) is 6.07 Å². The minimum Gasteiger partial charge on any atom is -0.346 e. The molecule has 3 heterocycles. The summed E-state index contributed by atoms with van der Waals surface area (Å²) in [5.41, 5.74) is 0.212. The zero-order valence-corrected chi connectivity index (χ0v) is 7.50. The van der Waals surface area contributed by atoms with Gasteiger partial charge in [0.15, 0.2) is 0 Å². The van der Waals surface area contributed by atoms with Gasteiger partial charge >= 0.3 is 5.69 Å². The molecular weight excluding hydrogens is 196 g/mol. The molecule has 0 aliphatic heterocycles. The first-order chi connectivity index (χ1) is 7.25. The van der Waals surface area contributed by atoms with Crippen molar-refractivity contribution in [2.24, 2.45) is 0 Å². The van der Waals surface area contributed by atoms with Crippen LogP contribution < -0.4 is 11.2 Å². The normalized spacial score (nSPS) is 11.2. The van der Waals surface area contributed by atoms with Crippen molar-refractivity contribution in [2.45, 2.75) is 0 Å². The molecule has 0 fully saturated rings. The Bertz CT molecular complexity index is 765. The quantitative estimate of drug-likeness (QED) is 0.482. The van der Waals surface area contributed by atoms with Gasteiger partial charge in [-0.1, -0.05) is 0 Å². The van der Waals surface area contributed by atoms with E-state index >= 15 is 0 Å². The molecule has 3 aromatic heterocycles. The SMILES string of the molecule is O=c1[nH]c(=O)c2cnc3[nH]ccc3c2[nH]1. The molecule has 0 saturated carbocycles. The predicted octanol–water partition coefficient (Wildman–Crippen LogP) is 0.0927. The van der Waals surface area contributed by atoms with Crippen LogP contribution >= 0.6 is 0 Å². The highest BCUT2D eigenvalue weighted by Crippen LogP contribution is 2.16. The summed E-state index contributed by atoms with van der Waals surface area (Å²) in [4.78, 5) is 34.3. The smallest absolute Gasteiger partial charge is 0.326 e. The zero-order valence-electron chi connectivity index (χ0n) is 7.50. The van der Waals surface area contributed by atoms with E-state index < -0.39 is 11.2 Å². The second-order valence-corrected chi connectivity index (χ2v) is 3.20. The molecule has 0 radical (unpaired) electrons. The first kappa shape index (κ1) is 7.98. The molecule has 15 heavy (non-hydrogen) atoms. The van der Waals surface area contributed by atoms with E-state index in [-0.39, 0.29) is 0 Å². The van der Waals surface area contributed by atoms with Gasteiger partial charge < -0.3 is 9.97 Å². The van der Waals surface area contributed by atoms with Gasteiger partial charge in [0, 0.05) is 17.8 Å². The number of pyridine rings is 1. The Kier molecular flexibility index (Phi) is 1.37. The summed E-state index contributed by atoms with van der Waals surface area (Å²) in [6.45, 7) is 0. The lowest BCUT2D eigenvalue weighted by Crippen LogP contribution is -2.21. The molecule has 0 spiro atoms. The standard InChI is InChI=1S/C9H6N4O2/c14-8-5-3-11-7-4(1-2-10-7)6(5)12-9(15)13-8/h1-3H,(H,10,11)(H2,12,13,14,15). The summed E-state index contributed by atoms with van der Waals surface area (Å²) >= 11 is 0. The monoisotopic (exact) mass is 202 g/mol. The van der Waals surface area contributed by atoms with E-state index in [1.165, 1.54) is 6.20 Å². The van der Waals surface area contributed by atoms with Crippen LogP contribution in [0.1, 0.15) is 0 Å². The van der Waals surface area contributed by atoms with Crippen LogP contribution in [0.25, 0.3) is 21.9 Å². The summed E-state index contributed by atoms with van der Waals surface area (Å²) in [6.07, 6.45) is 3.14. The molecule has 6 heteroatoms. The van der Waals surface area contributed by atoms with E-state index in [2.05, 4.69) is 19.9 Å². The number of hydrogen-bond acceptors (Lipinski definition) is 3. The van der Waals surface area contributed by atoms with E-state index in [1.54, 1.807) is 12.3 Å². The lowest BCUT2D eigenvalue weighted by Gasteiger charge is -1.96. The molecule has 3 rings (SSSR count). The van der Waals surface area contributed by atoms with Crippen molar-refractivity contribution in [1.82, 2.24) is 19.9 Å². The van der Waals surface area contributed by atoms with Crippen LogP contribution in [0.15, 0.2) is 28.0 Å². The third-order valence-electron chi connectivity index (χ3n) is 2.30. The number of hydrogen-bond donors (Lipinski definition) is 3. The molecule has 3 N–H and O–H groups in total. The topological polar surface area (TPSA) is 94.4 Å². The van der Waals surface area contributed by atoms with Crippen LogP contribution in [0.5, 0.6) is 0 Å². The number of aromatic amines is 3. The van der Waals surface area contributed by atoms with E-state index in [9.17, 15) is 9.59 Å². The number of nitrogens with zero attached hydrogens (tertiary/aromatic N) is 1. The average Bonchev–Trinajstić information content (AvgIpc) is 2.65. The van der Waals surface area contributed by atoms with Crippen molar-refractivity contribution in [2.75, 3.05) is 0 Å². The Morgan fingerprint density at radius 3 is 2.87 bits per heavy atom. The van der Waals surface area contributed by atoms with Gasteiger partial charge in [-0.15, -0.1) is 0 Å². The Hall–Kier alpha value is -2.37. The molecule has 3 aromatic rings. The third-order valence-corrected chi connectivity index (χ3v) is 2.30. The number of nitrogens with one attached hydrogen (secondary N) is 3. The lowest BCUT2D eigenvalue weighted by atomic mass is 10.2. The molecule has 0 bridgehead atoms. The fraction of sp³-hybridized carbons (Fsp3) is 0. The molecule has 74 valence electrons. The fourth-order valence-electron chi connectivity index (χ4n) is 1.63. The largest absolute Gasteiger partial charge is 0.346 e. The van der Waals surface area contributed by atoms with Crippen molar-refractivity contribution in [1.29, 1.82) is 0 Å². The average molecular weight is 202 g/mol. The van der Waals surface area contributed by atoms with Crippen LogP contribution in [-0.2, 0) is 0 Å². The minimum atomic E-state index is -0.513. The molecule has 6 nitrogen and oxygen atoms in total. The highest BCUT2D eigenvalue weighted by atomic mass is 16.2.